The zero-order valence-corrected chi connectivity index (χ0v) is 22.9. The molecule has 2 fully saturated rings. The maximum Gasteiger partial charge on any atom is 0.261 e. The molecule has 5 aromatic rings. The predicted molar refractivity (Wildman–Crippen MR) is 151 cm³/mol. The molecule has 0 saturated carbocycles. The summed E-state index contributed by atoms with van der Waals surface area (Å²) in [6.45, 7) is 11.2. The summed E-state index contributed by atoms with van der Waals surface area (Å²) >= 11 is 0. The third-order valence-corrected chi connectivity index (χ3v) is 8.58. The third-order valence-electron chi connectivity index (χ3n) is 8.58. The van der Waals surface area contributed by atoms with Gasteiger partial charge in [0, 0.05) is 21.8 Å². The minimum atomic E-state index is -1.11. The summed E-state index contributed by atoms with van der Waals surface area (Å²) in [6, 6.07) is 28.2. The van der Waals surface area contributed by atoms with Gasteiger partial charge in [-0.3, -0.25) is 4.57 Å². The van der Waals surface area contributed by atoms with Gasteiger partial charge in [-0.1, -0.05) is 89.2 Å². The number of phenols is 1. The van der Waals surface area contributed by atoms with Crippen LogP contribution < -0.4 is 0 Å². The molecule has 0 bridgehead atoms. The molecule has 39 heavy (non-hydrogen) atoms. The van der Waals surface area contributed by atoms with Gasteiger partial charge in [0.15, 0.2) is 5.60 Å². The second-order valence-corrected chi connectivity index (χ2v) is 12.4. The summed E-state index contributed by atoms with van der Waals surface area (Å²) in [7, 11) is 0. The zero-order valence-electron chi connectivity index (χ0n) is 22.9. The molecule has 2 saturated heterocycles. The van der Waals surface area contributed by atoms with E-state index in [1.165, 1.54) is 0 Å². The summed E-state index contributed by atoms with van der Waals surface area (Å²) < 4.78 is 8.51. The van der Waals surface area contributed by atoms with Crippen molar-refractivity contribution in [1.29, 1.82) is 0 Å². The van der Waals surface area contributed by atoms with Gasteiger partial charge >= 0.3 is 0 Å². The average molecular weight is 521 g/mol. The summed E-state index contributed by atoms with van der Waals surface area (Å²) in [5.74, 6) is -0.347. The molecule has 198 valence electrons. The van der Waals surface area contributed by atoms with Crippen LogP contribution in [0.25, 0.3) is 38.9 Å². The fourth-order valence-corrected chi connectivity index (χ4v) is 7.02. The van der Waals surface area contributed by atoms with E-state index >= 15 is 0 Å². The van der Waals surface area contributed by atoms with Gasteiger partial charge in [0.05, 0.1) is 28.9 Å². The Bertz CT molecular complexity index is 1760. The Morgan fingerprint density at radius 3 is 2.36 bits per heavy atom. The zero-order chi connectivity index (χ0) is 27.2. The Kier molecular flexibility index (Phi) is 4.94. The van der Waals surface area contributed by atoms with E-state index in [2.05, 4.69) is 75.6 Å². The Hall–Kier alpha value is -3.71. The minimum Gasteiger partial charge on any atom is -0.507 e. The van der Waals surface area contributed by atoms with Crippen LogP contribution in [0.1, 0.15) is 40.2 Å². The highest BCUT2D eigenvalue weighted by Gasteiger charge is 2.81. The molecule has 3 heterocycles. The molecule has 2 unspecified atom stereocenters. The smallest absolute Gasteiger partial charge is 0.261 e. The Labute approximate surface area is 227 Å². The highest BCUT2D eigenvalue weighted by atomic mass is 17.3. The average Bonchev–Trinajstić information content (AvgIpc) is 3.33. The van der Waals surface area contributed by atoms with Crippen LogP contribution in [0, 0.1) is 10.8 Å². The predicted octanol–water partition coefficient (Wildman–Crippen LogP) is 7.51. The quantitative estimate of drug-likeness (QED) is 0.249. The van der Waals surface area contributed by atoms with E-state index in [9.17, 15) is 5.11 Å². The SMILES string of the molecule is CC(C)(C)C12OOC1(c1ccc(-c3nc4ccccc4n3-c3cccc4ccccc34)c(O)c1)OCC2(C)C. The molecule has 2 aliphatic heterocycles. The fraction of sp³-hybridized carbons (Fsp3) is 0.303. The fourth-order valence-electron chi connectivity index (χ4n) is 7.02. The maximum atomic E-state index is 11.6. The van der Waals surface area contributed by atoms with E-state index in [4.69, 9.17) is 19.5 Å². The maximum absolute atomic E-state index is 11.6. The summed E-state index contributed by atoms with van der Waals surface area (Å²) in [4.78, 5) is 16.8. The summed E-state index contributed by atoms with van der Waals surface area (Å²) in [6.07, 6.45) is 0. The first-order chi connectivity index (χ1) is 18.6. The molecule has 4 aromatic carbocycles. The van der Waals surface area contributed by atoms with Crippen molar-refractivity contribution >= 4 is 21.8 Å². The van der Waals surface area contributed by atoms with E-state index in [-0.39, 0.29) is 16.6 Å². The molecule has 0 amide bonds. The van der Waals surface area contributed by atoms with Crippen LogP contribution in [-0.2, 0) is 20.3 Å². The first-order valence-corrected chi connectivity index (χ1v) is 13.4. The number of phenolic OH excluding ortho intramolecular Hbond substituents is 1. The lowest BCUT2D eigenvalue weighted by atomic mass is 9.57. The number of rotatable bonds is 3. The van der Waals surface area contributed by atoms with Crippen LogP contribution >= 0.6 is 0 Å². The number of para-hydroxylation sites is 2. The number of benzene rings is 4. The molecule has 0 spiro atoms. The summed E-state index contributed by atoms with van der Waals surface area (Å²) in [5, 5.41) is 13.8. The third kappa shape index (κ3) is 3.05. The van der Waals surface area contributed by atoms with Gasteiger partial charge < -0.3 is 9.84 Å². The van der Waals surface area contributed by atoms with Crippen molar-refractivity contribution in [2.24, 2.45) is 10.8 Å². The molecular weight excluding hydrogens is 488 g/mol. The molecule has 0 radical (unpaired) electrons. The molecule has 1 N–H and O–H groups in total. The second-order valence-electron chi connectivity index (χ2n) is 12.4. The van der Waals surface area contributed by atoms with Gasteiger partial charge in [0.25, 0.3) is 5.79 Å². The van der Waals surface area contributed by atoms with Crippen molar-refractivity contribution in [3.8, 4) is 22.8 Å². The molecule has 0 aliphatic carbocycles. The van der Waals surface area contributed by atoms with Gasteiger partial charge in [-0.25, -0.2) is 9.87 Å². The van der Waals surface area contributed by atoms with E-state index < -0.39 is 11.4 Å². The topological polar surface area (TPSA) is 65.7 Å². The second kappa shape index (κ2) is 7.92. The van der Waals surface area contributed by atoms with Crippen LogP contribution in [0.2, 0.25) is 0 Å². The van der Waals surface area contributed by atoms with Gasteiger partial charge in [0.1, 0.15) is 11.6 Å². The molecule has 1 aromatic heterocycles. The van der Waals surface area contributed by atoms with Crippen LogP contribution in [0.3, 0.4) is 0 Å². The van der Waals surface area contributed by atoms with E-state index in [0.717, 1.165) is 33.1 Å². The van der Waals surface area contributed by atoms with E-state index in [1.54, 1.807) is 6.07 Å². The Balaban J connectivity index is 1.42. The van der Waals surface area contributed by atoms with Crippen LogP contribution in [0.15, 0.2) is 84.9 Å². The molecule has 2 atom stereocenters. The van der Waals surface area contributed by atoms with Crippen LogP contribution in [-0.4, -0.2) is 26.9 Å². The number of hydrogen-bond donors (Lipinski definition) is 1. The number of fused-ring (bicyclic) bond motifs is 3. The molecule has 2 aliphatic rings. The molecule has 6 heteroatoms. The number of aromatic hydroxyl groups is 1. The van der Waals surface area contributed by atoms with Crippen molar-refractivity contribution in [1.82, 2.24) is 9.55 Å². The van der Waals surface area contributed by atoms with Crippen molar-refractivity contribution in [3.63, 3.8) is 0 Å². The number of imidazole rings is 1. The lowest BCUT2D eigenvalue weighted by Gasteiger charge is -2.61. The van der Waals surface area contributed by atoms with Crippen molar-refractivity contribution in [2.75, 3.05) is 6.61 Å². The highest BCUT2D eigenvalue weighted by molar-refractivity contribution is 5.94. The van der Waals surface area contributed by atoms with E-state index in [1.807, 2.05) is 42.5 Å². The van der Waals surface area contributed by atoms with Crippen LogP contribution in [0.5, 0.6) is 5.75 Å². The number of aromatic nitrogens is 2. The molecule has 6 nitrogen and oxygen atoms in total. The largest absolute Gasteiger partial charge is 0.507 e. The lowest BCUT2D eigenvalue weighted by Crippen LogP contribution is -2.73. The normalized spacial score (nSPS) is 24.1. The van der Waals surface area contributed by atoms with Crippen molar-refractivity contribution in [2.45, 2.75) is 46.0 Å². The number of ether oxygens (including phenoxy) is 1. The van der Waals surface area contributed by atoms with Gasteiger partial charge in [-0.05, 0) is 35.7 Å². The van der Waals surface area contributed by atoms with Crippen molar-refractivity contribution < 1.29 is 19.6 Å². The number of nitrogens with zero attached hydrogens (tertiary/aromatic N) is 2. The summed E-state index contributed by atoms with van der Waals surface area (Å²) in [5.41, 5.74) is 2.85. The highest BCUT2D eigenvalue weighted by Crippen LogP contribution is 2.69. The first kappa shape index (κ1) is 24.3. The monoisotopic (exact) mass is 520 g/mol. The van der Waals surface area contributed by atoms with Gasteiger partial charge in [-0.15, -0.1) is 0 Å². The van der Waals surface area contributed by atoms with Crippen molar-refractivity contribution in [3.05, 3.63) is 90.5 Å². The van der Waals surface area contributed by atoms with E-state index in [0.29, 0.717) is 18.0 Å². The molecular formula is C33H32N2O4. The Morgan fingerprint density at radius 2 is 1.62 bits per heavy atom. The van der Waals surface area contributed by atoms with Gasteiger partial charge in [0.2, 0.25) is 0 Å². The van der Waals surface area contributed by atoms with Crippen LogP contribution in [0.4, 0.5) is 0 Å². The Morgan fingerprint density at radius 1 is 0.872 bits per heavy atom. The standard InChI is InChI=1S/C33H32N2O4/c1-30(2,3)33-31(4,5)20-37-32(33,38-39-33)22-17-18-24(28(36)19-22)29-34-25-14-8-9-15-27(25)35(29)26-16-10-12-21-11-6-7-13-23(21)26/h6-19,36H,20H2,1-5H3. The minimum absolute atomic E-state index is 0.102. The lowest BCUT2D eigenvalue weighted by molar-refractivity contribution is -0.626. The van der Waals surface area contributed by atoms with Gasteiger partial charge in [-0.2, -0.15) is 4.89 Å². The number of hydrogen-bond acceptors (Lipinski definition) is 5. The first-order valence-electron chi connectivity index (χ1n) is 13.4. The molecule has 7 rings (SSSR count).